The minimum atomic E-state index is -0.446. The van der Waals surface area contributed by atoms with E-state index in [1.54, 1.807) is 0 Å². The van der Waals surface area contributed by atoms with Gasteiger partial charge in [-0.3, -0.25) is 0 Å². The fraction of sp³-hybridized carbons (Fsp3) is 0.538. The molecule has 4 heteroatoms. The predicted molar refractivity (Wildman–Crippen MR) is 70.8 cm³/mol. The van der Waals surface area contributed by atoms with Gasteiger partial charge in [0, 0.05) is 24.1 Å². The van der Waals surface area contributed by atoms with Crippen molar-refractivity contribution in [1.29, 1.82) is 0 Å². The highest BCUT2D eigenvalue weighted by atomic mass is 79.9. The van der Waals surface area contributed by atoms with Gasteiger partial charge in [0.15, 0.2) is 0 Å². The van der Waals surface area contributed by atoms with Crippen molar-refractivity contribution in [3.63, 3.8) is 0 Å². The van der Waals surface area contributed by atoms with Crippen LogP contribution in [0.2, 0.25) is 0 Å². The summed E-state index contributed by atoms with van der Waals surface area (Å²) in [6, 6.07) is 7.76. The van der Waals surface area contributed by atoms with Crippen LogP contribution in [0.15, 0.2) is 28.7 Å². The zero-order chi connectivity index (χ0) is 12.3. The molecule has 1 saturated heterocycles. The van der Waals surface area contributed by atoms with Crippen LogP contribution in [0.1, 0.15) is 24.5 Å². The number of benzene rings is 1. The Labute approximate surface area is 110 Å². The Morgan fingerprint density at radius 1 is 1.24 bits per heavy atom. The van der Waals surface area contributed by atoms with Crippen LogP contribution in [-0.4, -0.2) is 40.9 Å². The molecule has 0 saturated carbocycles. The molecule has 1 fully saturated rings. The Kier molecular flexibility index (Phi) is 4.56. The number of hydrogen-bond acceptors (Lipinski definition) is 3. The van der Waals surface area contributed by atoms with Crippen LogP contribution in [-0.2, 0) is 0 Å². The number of hydrogen-bond donors (Lipinski definition) is 2. The quantitative estimate of drug-likeness (QED) is 0.896. The molecule has 2 rings (SSSR count). The summed E-state index contributed by atoms with van der Waals surface area (Å²) in [5.41, 5.74) is 0.944. The highest BCUT2D eigenvalue weighted by molar-refractivity contribution is 9.10. The lowest BCUT2D eigenvalue weighted by molar-refractivity contribution is 0.0508. The SMILES string of the molecule is OC1CCN(C[C@@H](O)c2ccc(Br)cc2)CC1. The zero-order valence-electron chi connectivity index (χ0n) is 9.72. The van der Waals surface area contributed by atoms with Gasteiger partial charge in [-0.05, 0) is 30.5 Å². The molecule has 0 bridgehead atoms. The van der Waals surface area contributed by atoms with Gasteiger partial charge in [0.1, 0.15) is 0 Å². The fourth-order valence-corrected chi connectivity index (χ4v) is 2.40. The number of aliphatic hydroxyl groups excluding tert-OH is 2. The van der Waals surface area contributed by atoms with Gasteiger partial charge in [0.2, 0.25) is 0 Å². The van der Waals surface area contributed by atoms with Crippen molar-refractivity contribution in [3.8, 4) is 0 Å². The summed E-state index contributed by atoms with van der Waals surface area (Å²) in [5, 5.41) is 19.5. The van der Waals surface area contributed by atoms with Crippen LogP contribution in [0.3, 0.4) is 0 Å². The van der Waals surface area contributed by atoms with E-state index in [0.29, 0.717) is 6.54 Å². The zero-order valence-corrected chi connectivity index (χ0v) is 11.3. The monoisotopic (exact) mass is 299 g/mol. The highest BCUT2D eigenvalue weighted by Crippen LogP contribution is 2.19. The Balaban J connectivity index is 1.88. The molecule has 0 unspecified atom stereocenters. The third kappa shape index (κ3) is 3.78. The molecule has 1 atom stereocenters. The molecule has 0 aliphatic carbocycles. The molecular formula is C13H18BrNO2. The minimum absolute atomic E-state index is 0.156. The van der Waals surface area contributed by atoms with Gasteiger partial charge in [-0.25, -0.2) is 0 Å². The first-order valence-corrected chi connectivity index (χ1v) is 6.78. The molecule has 1 heterocycles. The summed E-state index contributed by atoms with van der Waals surface area (Å²) in [5.74, 6) is 0. The summed E-state index contributed by atoms with van der Waals surface area (Å²) in [7, 11) is 0. The Bertz CT molecular complexity index is 347. The molecule has 1 aromatic rings. The summed E-state index contributed by atoms with van der Waals surface area (Å²) < 4.78 is 1.02. The van der Waals surface area contributed by atoms with Gasteiger partial charge in [-0.2, -0.15) is 0 Å². The molecule has 1 aliphatic heterocycles. The van der Waals surface area contributed by atoms with E-state index in [4.69, 9.17) is 0 Å². The molecule has 0 aromatic heterocycles. The Morgan fingerprint density at radius 2 is 1.82 bits per heavy atom. The molecule has 94 valence electrons. The van der Waals surface area contributed by atoms with Crippen molar-refractivity contribution in [2.45, 2.75) is 25.0 Å². The second-order valence-electron chi connectivity index (χ2n) is 4.60. The molecule has 0 radical (unpaired) electrons. The number of β-amino-alcohol motifs (C(OH)–C–C–N with tert-alkyl or cyclic N) is 1. The lowest BCUT2D eigenvalue weighted by Crippen LogP contribution is -2.38. The summed E-state index contributed by atoms with van der Waals surface area (Å²) in [6.07, 6.45) is 1.02. The third-order valence-corrected chi connectivity index (χ3v) is 3.77. The van der Waals surface area contributed by atoms with Crippen LogP contribution in [0, 0.1) is 0 Å². The van der Waals surface area contributed by atoms with Crippen LogP contribution in [0.5, 0.6) is 0 Å². The number of likely N-dealkylation sites (tertiary alicyclic amines) is 1. The van der Waals surface area contributed by atoms with E-state index in [1.165, 1.54) is 0 Å². The van der Waals surface area contributed by atoms with Crippen LogP contribution < -0.4 is 0 Å². The molecule has 17 heavy (non-hydrogen) atoms. The number of aliphatic hydroxyl groups is 2. The van der Waals surface area contributed by atoms with Crippen molar-refractivity contribution < 1.29 is 10.2 Å². The topological polar surface area (TPSA) is 43.7 Å². The second-order valence-corrected chi connectivity index (χ2v) is 5.51. The molecule has 0 amide bonds. The van der Waals surface area contributed by atoms with E-state index in [-0.39, 0.29) is 6.10 Å². The van der Waals surface area contributed by atoms with Crippen molar-refractivity contribution in [2.24, 2.45) is 0 Å². The van der Waals surface area contributed by atoms with Gasteiger partial charge < -0.3 is 15.1 Å². The first-order valence-electron chi connectivity index (χ1n) is 5.99. The molecule has 1 aromatic carbocycles. The van der Waals surface area contributed by atoms with Crippen molar-refractivity contribution in [2.75, 3.05) is 19.6 Å². The van der Waals surface area contributed by atoms with E-state index < -0.39 is 6.10 Å². The average Bonchev–Trinajstić information content (AvgIpc) is 2.33. The van der Waals surface area contributed by atoms with Crippen LogP contribution in [0.25, 0.3) is 0 Å². The fourth-order valence-electron chi connectivity index (χ4n) is 2.14. The van der Waals surface area contributed by atoms with Gasteiger partial charge in [-0.1, -0.05) is 28.1 Å². The van der Waals surface area contributed by atoms with E-state index in [0.717, 1.165) is 36.0 Å². The Hall–Kier alpha value is -0.420. The van der Waals surface area contributed by atoms with E-state index in [9.17, 15) is 10.2 Å². The summed E-state index contributed by atoms with van der Waals surface area (Å²) in [6.45, 7) is 2.39. The van der Waals surface area contributed by atoms with Crippen molar-refractivity contribution in [3.05, 3.63) is 34.3 Å². The summed E-state index contributed by atoms with van der Waals surface area (Å²) >= 11 is 3.38. The maximum atomic E-state index is 10.1. The molecule has 3 nitrogen and oxygen atoms in total. The first-order chi connectivity index (χ1) is 8.15. The number of nitrogens with zero attached hydrogens (tertiary/aromatic N) is 1. The highest BCUT2D eigenvalue weighted by Gasteiger charge is 2.19. The predicted octanol–water partition coefficient (Wildman–Crippen LogP) is 1.94. The van der Waals surface area contributed by atoms with E-state index in [2.05, 4.69) is 20.8 Å². The molecular weight excluding hydrogens is 282 g/mol. The molecule has 2 N–H and O–H groups in total. The normalized spacial score (nSPS) is 20.4. The van der Waals surface area contributed by atoms with Crippen LogP contribution in [0.4, 0.5) is 0 Å². The number of piperidine rings is 1. The van der Waals surface area contributed by atoms with Gasteiger partial charge in [0.25, 0.3) is 0 Å². The van der Waals surface area contributed by atoms with E-state index in [1.807, 2.05) is 24.3 Å². The smallest absolute Gasteiger partial charge is 0.0916 e. The lowest BCUT2D eigenvalue weighted by Gasteiger charge is -2.31. The average molecular weight is 300 g/mol. The van der Waals surface area contributed by atoms with Crippen molar-refractivity contribution in [1.82, 2.24) is 4.90 Å². The Morgan fingerprint density at radius 3 is 2.41 bits per heavy atom. The van der Waals surface area contributed by atoms with E-state index >= 15 is 0 Å². The number of rotatable bonds is 3. The third-order valence-electron chi connectivity index (χ3n) is 3.24. The van der Waals surface area contributed by atoms with Crippen molar-refractivity contribution >= 4 is 15.9 Å². The number of halogens is 1. The maximum Gasteiger partial charge on any atom is 0.0916 e. The lowest BCUT2D eigenvalue weighted by atomic mass is 10.1. The van der Waals surface area contributed by atoms with Crippen LogP contribution >= 0.6 is 15.9 Å². The molecule has 0 spiro atoms. The standard InChI is InChI=1S/C13H18BrNO2/c14-11-3-1-10(2-4-11)13(17)9-15-7-5-12(16)6-8-15/h1-4,12-13,16-17H,5-9H2/t13-/m1/s1. The maximum absolute atomic E-state index is 10.1. The second kappa shape index (κ2) is 5.96. The largest absolute Gasteiger partial charge is 0.393 e. The van der Waals surface area contributed by atoms with Gasteiger partial charge in [-0.15, -0.1) is 0 Å². The molecule has 1 aliphatic rings. The minimum Gasteiger partial charge on any atom is -0.393 e. The van der Waals surface area contributed by atoms with Gasteiger partial charge >= 0.3 is 0 Å². The first kappa shape index (κ1) is 13.0. The van der Waals surface area contributed by atoms with Gasteiger partial charge in [0.05, 0.1) is 12.2 Å². The summed E-state index contributed by atoms with van der Waals surface area (Å²) in [4.78, 5) is 2.21.